The molecule has 0 aliphatic carbocycles. The highest BCUT2D eigenvalue weighted by atomic mass is 35.5. The van der Waals surface area contributed by atoms with Crippen LogP contribution < -0.4 is 25.4 Å². The highest BCUT2D eigenvalue weighted by Crippen LogP contribution is 2.19. The van der Waals surface area contributed by atoms with Gasteiger partial charge in [-0.2, -0.15) is 0 Å². The zero-order chi connectivity index (χ0) is 20.6. The van der Waals surface area contributed by atoms with Crippen LogP contribution in [0.3, 0.4) is 0 Å². The molecule has 0 saturated carbocycles. The number of hydrogen-bond acceptors (Lipinski definition) is 5. The van der Waals surface area contributed by atoms with Gasteiger partial charge in [0.1, 0.15) is 18.1 Å². The fourth-order valence-corrected chi connectivity index (χ4v) is 2.99. The van der Waals surface area contributed by atoms with Crippen molar-refractivity contribution in [1.29, 1.82) is 0 Å². The van der Waals surface area contributed by atoms with Crippen LogP contribution in [0.4, 0.5) is 5.69 Å². The minimum absolute atomic E-state index is 0. The number of carbonyl (C=O) groups is 2. The molecule has 2 aromatic carbocycles. The van der Waals surface area contributed by atoms with E-state index in [1.54, 1.807) is 43.5 Å². The van der Waals surface area contributed by atoms with Gasteiger partial charge in [0.25, 0.3) is 5.91 Å². The smallest absolute Gasteiger partial charge is 0.255 e. The number of methoxy groups -OCH3 is 1. The summed E-state index contributed by atoms with van der Waals surface area (Å²) in [6.45, 7) is 4.56. The molecule has 1 saturated heterocycles. The summed E-state index contributed by atoms with van der Waals surface area (Å²) in [7, 11) is 1.58. The lowest BCUT2D eigenvalue weighted by molar-refractivity contribution is -0.126. The molecule has 0 spiro atoms. The van der Waals surface area contributed by atoms with Crippen molar-refractivity contribution in [2.24, 2.45) is 11.8 Å². The first-order valence-corrected chi connectivity index (χ1v) is 9.73. The molecule has 7 nitrogen and oxygen atoms in total. The van der Waals surface area contributed by atoms with Gasteiger partial charge in [-0.05, 0) is 55.4 Å². The first kappa shape index (κ1) is 23.5. The summed E-state index contributed by atoms with van der Waals surface area (Å²) in [6, 6.07) is 14.1. The van der Waals surface area contributed by atoms with E-state index >= 15 is 0 Å². The van der Waals surface area contributed by atoms with Gasteiger partial charge in [-0.25, -0.2) is 0 Å². The molecular formula is C22H28ClN3O4. The molecule has 162 valence electrons. The molecule has 1 aliphatic rings. The fraction of sp³-hybridized carbons (Fsp3) is 0.364. The third-order valence-corrected chi connectivity index (χ3v) is 5.05. The Hall–Kier alpha value is -2.77. The standard InChI is InChI=1S/C22H27N3O4.ClH/c1-15(17-13-23-14-17)21(26)24-10-11-29-20-5-3-4-18(12-20)25-22(27)16-6-8-19(28-2)9-7-16;/h3-9,12,15,17,23H,10-11,13-14H2,1-2H3,(H,24,26)(H,25,27);1H. The van der Waals surface area contributed by atoms with Crippen LogP contribution in [0.25, 0.3) is 0 Å². The van der Waals surface area contributed by atoms with Gasteiger partial charge in [0.05, 0.1) is 13.7 Å². The minimum Gasteiger partial charge on any atom is -0.497 e. The Morgan fingerprint density at radius 2 is 1.87 bits per heavy atom. The summed E-state index contributed by atoms with van der Waals surface area (Å²) >= 11 is 0. The number of halogens is 1. The molecule has 1 aliphatic heterocycles. The lowest BCUT2D eigenvalue weighted by Crippen LogP contribution is -2.49. The Morgan fingerprint density at radius 1 is 1.13 bits per heavy atom. The van der Waals surface area contributed by atoms with Crippen molar-refractivity contribution in [2.45, 2.75) is 6.92 Å². The molecule has 0 bridgehead atoms. The van der Waals surface area contributed by atoms with Gasteiger partial charge < -0.3 is 25.4 Å². The second-order valence-corrected chi connectivity index (χ2v) is 7.06. The topological polar surface area (TPSA) is 88.7 Å². The Kier molecular flexibility index (Phi) is 8.95. The third-order valence-electron chi connectivity index (χ3n) is 5.05. The third kappa shape index (κ3) is 6.37. The summed E-state index contributed by atoms with van der Waals surface area (Å²) < 4.78 is 10.8. The van der Waals surface area contributed by atoms with Gasteiger partial charge in [0.2, 0.25) is 5.91 Å². The average Bonchev–Trinajstić information content (AvgIpc) is 2.70. The number of rotatable bonds is 9. The monoisotopic (exact) mass is 433 g/mol. The Balaban J connectivity index is 0.00000320. The van der Waals surface area contributed by atoms with Crippen LogP contribution in [0.1, 0.15) is 17.3 Å². The van der Waals surface area contributed by atoms with Gasteiger partial charge in [0, 0.05) is 23.2 Å². The maximum atomic E-state index is 12.4. The molecule has 30 heavy (non-hydrogen) atoms. The van der Waals surface area contributed by atoms with Crippen molar-refractivity contribution in [3.8, 4) is 11.5 Å². The number of nitrogens with one attached hydrogen (secondary N) is 3. The van der Waals surface area contributed by atoms with Crippen LogP contribution >= 0.6 is 12.4 Å². The van der Waals surface area contributed by atoms with Gasteiger partial charge in [-0.3, -0.25) is 9.59 Å². The number of benzene rings is 2. The second-order valence-electron chi connectivity index (χ2n) is 7.06. The summed E-state index contributed by atoms with van der Waals surface area (Å²) in [4.78, 5) is 24.5. The van der Waals surface area contributed by atoms with Crippen LogP contribution in [0.2, 0.25) is 0 Å². The van der Waals surface area contributed by atoms with Crippen LogP contribution in [0, 0.1) is 11.8 Å². The Labute approximate surface area is 182 Å². The Bertz CT molecular complexity index is 841. The molecule has 2 amide bonds. The van der Waals surface area contributed by atoms with Gasteiger partial charge in [0.15, 0.2) is 0 Å². The first-order chi connectivity index (χ1) is 14.1. The molecule has 3 rings (SSSR count). The fourth-order valence-electron chi connectivity index (χ4n) is 2.99. The highest BCUT2D eigenvalue weighted by Gasteiger charge is 2.28. The van der Waals surface area contributed by atoms with E-state index in [-0.39, 0.29) is 30.1 Å². The lowest BCUT2D eigenvalue weighted by Gasteiger charge is -2.31. The van der Waals surface area contributed by atoms with Crippen molar-refractivity contribution in [3.05, 3.63) is 54.1 Å². The number of carbonyl (C=O) groups excluding carboxylic acids is 2. The van der Waals surface area contributed by atoms with Crippen LogP contribution in [-0.2, 0) is 4.79 Å². The number of anilines is 1. The number of hydrogen-bond donors (Lipinski definition) is 3. The molecule has 0 aromatic heterocycles. The SMILES string of the molecule is COc1ccc(C(=O)Nc2cccc(OCCNC(=O)C(C)C3CNC3)c2)cc1.Cl. The molecule has 1 atom stereocenters. The normalized spacial score (nSPS) is 13.9. The molecule has 1 unspecified atom stereocenters. The summed E-state index contributed by atoms with van der Waals surface area (Å²) in [5, 5.41) is 8.94. The molecule has 1 fully saturated rings. The number of ether oxygens (including phenoxy) is 2. The van der Waals surface area contributed by atoms with Crippen molar-refractivity contribution >= 4 is 29.9 Å². The first-order valence-electron chi connectivity index (χ1n) is 9.73. The zero-order valence-corrected chi connectivity index (χ0v) is 18.0. The van der Waals surface area contributed by atoms with Crippen molar-refractivity contribution in [2.75, 3.05) is 38.7 Å². The minimum atomic E-state index is -0.212. The van der Waals surface area contributed by atoms with Crippen LogP contribution in [-0.4, -0.2) is 45.2 Å². The summed E-state index contributed by atoms with van der Waals surface area (Å²) in [5.74, 6) is 1.60. The Morgan fingerprint density at radius 3 is 2.50 bits per heavy atom. The predicted molar refractivity (Wildman–Crippen MR) is 119 cm³/mol. The highest BCUT2D eigenvalue weighted by molar-refractivity contribution is 6.04. The van der Waals surface area contributed by atoms with Crippen molar-refractivity contribution < 1.29 is 19.1 Å². The van der Waals surface area contributed by atoms with E-state index in [2.05, 4.69) is 16.0 Å². The van der Waals surface area contributed by atoms with E-state index < -0.39 is 0 Å². The van der Waals surface area contributed by atoms with Crippen LogP contribution in [0.15, 0.2) is 48.5 Å². The van der Waals surface area contributed by atoms with E-state index in [1.807, 2.05) is 19.1 Å². The average molecular weight is 434 g/mol. The predicted octanol–water partition coefficient (Wildman–Crippen LogP) is 2.72. The molecule has 8 heteroatoms. The molecular weight excluding hydrogens is 406 g/mol. The van der Waals surface area contributed by atoms with E-state index in [0.29, 0.717) is 41.8 Å². The van der Waals surface area contributed by atoms with Gasteiger partial charge in [-0.15, -0.1) is 12.4 Å². The largest absolute Gasteiger partial charge is 0.497 e. The maximum absolute atomic E-state index is 12.4. The van der Waals surface area contributed by atoms with E-state index in [4.69, 9.17) is 9.47 Å². The van der Waals surface area contributed by atoms with Crippen molar-refractivity contribution in [3.63, 3.8) is 0 Å². The quantitative estimate of drug-likeness (QED) is 0.529. The van der Waals surface area contributed by atoms with E-state index in [9.17, 15) is 9.59 Å². The molecule has 0 radical (unpaired) electrons. The van der Waals surface area contributed by atoms with Crippen molar-refractivity contribution in [1.82, 2.24) is 10.6 Å². The van der Waals surface area contributed by atoms with E-state index in [0.717, 1.165) is 13.1 Å². The molecule has 2 aromatic rings. The molecule has 1 heterocycles. The van der Waals surface area contributed by atoms with Crippen LogP contribution in [0.5, 0.6) is 11.5 Å². The lowest BCUT2D eigenvalue weighted by atomic mass is 9.88. The summed E-state index contributed by atoms with van der Waals surface area (Å²) in [5.41, 5.74) is 1.18. The van der Waals surface area contributed by atoms with E-state index in [1.165, 1.54) is 0 Å². The second kappa shape index (κ2) is 11.4. The maximum Gasteiger partial charge on any atom is 0.255 e. The van der Waals surface area contributed by atoms with Gasteiger partial charge >= 0.3 is 0 Å². The van der Waals surface area contributed by atoms with Gasteiger partial charge in [-0.1, -0.05) is 13.0 Å². The number of amides is 2. The molecule has 3 N–H and O–H groups in total. The summed E-state index contributed by atoms with van der Waals surface area (Å²) in [6.07, 6.45) is 0. The zero-order valence-electron chi connectivity index (χ0n) is 17.1.